The van der Waals surface area contributed by atoms with Crippen LogP contribution in [0.2, 0.25) is 0 Å². The zero-order chi connectivity index (χ0) is 13.2. The van der Waals surface area contributed by atoms with Gasteiger partial charge in [0.05, 0.1) is 4.88 Å². The molecule has 0 fully saturated rings. The molecule has 0 amide bonds. The molecule has 1 aromatic carbocycles. The average molecular weight is 291 g/mol. The van der Waals surface area contributed by atoms with Gasteiger partial charge in [0.25, 0.3) is 5.89 Å². The standard InChI is InChI=1S/C14H11ClN2OS/c1-9-7-8-11(19-9)13-16-17-14(18-13)12(15)10-5-3-2-4-6-10/h2-8,12H,1H3. The maximum Gasteiger partial charge on any atom is 0.257 e. The molecule has 0 radical (unpaired) electrons. The molecule has 0 N–H and O–H groups in total. The molecule has 0 saturated carbocycles. The van der Waals surface area contributed by atoms with Crippen LogP contribution >= 0.6 is 22.9 Å². The van der Waals surface area contributed by atoms with Gasteiger partial charge >= 0.3 is 0 Å². The van der Waals surface area contributed by atoms with Crippen molar-refractivity contribution in [2.24, 2.45) is 0 Å². The van der Waals surface area contributed by atoms with Gasteiger partial charge in [-0.05, 0) is 24.6 Å². The van der Waals surface area contributed by atoms with Gasteiger partial charge in [0, 0.05) is 4.88 Å². The first-order chi connectivity index (χ1) is 9.24. The number of alkyl halides is 1. The third kappa shape index (κ3) is 2.55. The van der Waals surface area contributed by atoms with Crippen LogP contribution in [0.15, 0.2) is 46.9 Å². The molecule has 3 aromatic rings. The molecule has 0 aliphatic carbocycles. The maximum atomic E-state index is 6.34. The van der Waals surface area contributed by atoms with E-state index in [4.69, 9.17) is 16.0 Å². The van der Waals surface area contributed by atoms with Crippen molar-refractivity contribution in [2.45, 2.75) is 12.3 Å². The summed E-state index contributed by atoms with van der Waals surface area (Å²) in [6.45, 7) is 2.04. The number of aryl methyl sites for hydroxylation is 1. The van der Waals surface area contributed by atoms with Gasteiger partial charge in [-0.1, -0.05) is 30.3 Å². The Hall–Kier alpha value is -1.65. The number of thiophene rings is 1. The van der Waals surface area contributed by atoms with Crippen molar-refractivity contribution in [2.75, 3.05) is 0 Å². The molecule has 1 atom stereocenters. The number of halogens is 1. The zero-order valence-electron chi connectivity index (χ0n) is 10.2. The second-order valence-corrected chi connectivity index (χ2v) is 5.85. The summed E-state index contributed by atoms with van der Waals surface area (Å²) in [7, 11) is 0. The lowest BCUT2D eigenvalue weighted by Crippen LogP contribution is -1.92. The smallest absolute Gasteiger partial charge is 0.257 e. The lowest BCUT2D eigenvalue weighted by molar-refractivity contribution is 0.514. The highest BCUT2D eigenvalue weighted by Crippen LogP contribution is 2.31. The molecule has 0 spiro atoms. The van der Waals surface area contributed by atoms with E-state index in [2.05, 4.69) is 10.2 Å². The lowest BCUT2D eigenvalue weighted by atomic mass is 10.1. The van der Waals surface area contributed by atoms with Crippen LogP contribution in [0, 0.1) is 6.92 Å². The second-order valence-electron chi connectivity index (χ2n) is 4.13. The lowest BCUT2D eigenvalue weighted by Gasteiger charge is -2.03. The number of aromatic nitrogens is 2. The molecule has 3 rings (SSSR count). The number of benzene rings is 1. The van der Waals surface area contributed by atoms with Gasteiger partial charge in [-0.2, -0.15) is 0 Å². The first-order valence-electron chi connectivity index (χ1n) is 5.83. The van der Waals surface area contributed by atoms with Crippen molar-refractivity contribution in [3.63, 3.8) is 0 Å². The summed E-state index contributed by atoms with van der Waals surface area (Å²) in [5.74, 6) is 0.948. The van der Waals surface area contributed by atoms with Crippen molar-refractivity contribution >= 4 is 22.9 Å². The van der Waals surface area contributed by atoms with Crippen molar-refractivity contribution in [3.8, 4) is 10.8 Å². The molecule has 1 unspecified atom stereocenters. The third-order valence-corrected chi connectivity index (χ3v) is 4.13. The number of nitrogens with zero attached hydrogens (tertiary/aromatic N) is 2. The number of rotatable bonds is 3. The molecule has 19 heavy (non-hydrogen) atoms. The van der Waals surface area contributed by atoms with Crippen molar-refractivity contribution in [3.05, 3.63) is 58.8 Å². The monoisotopic (exact) mass is 290 g/mol. The van der Waals surface area contributed by atoms with E-state index in [1.165, 1.54) is 4.88 Å². The SMILES string of the molecule is Cc1ccc(-c2nnc(C(Cl)c3ccccc3)o2)s1. The normalized spacial score (nSPS) is 12.5. The molecule has 0 bridgehead atoms. The van der Waals surface area contributed by atoms with Crippen LogP contribution in [0.5, 0.6) is 0 Å². The molecule has 0 aliphatic heterocycles. The Balaban J connectivity index is 1.89. The molecule has 3 nitrogen and oxygen atoms in total. The van der Waals surface area contributed by atoms with Gasteiger partial charge in [-0.25, -0.2) is 0 Å². The minimum absolute atomic E-state index is 0.413. The number of hydrogen-bond acceptors (Lipinski definition) is 4. The first-order valence-corrected chi connectivity index (χ1v) is 7.08. The fraction of sp³-hybridized carbons (Fsp3) is 0.143. The predicted octanol–water partition coefficient (Wildman–Crippen LogP) is 4.43. The van der Waals surface area contributed by atoms with E-state index in [1.807, 2.05) is 49.4 Å². The van der Waals surface area contributed by atoms with Crippen molar-refractivity contribution in [1.82, 2.24) is 10.2 Å². The van der Waals surface area contributed by atoms with Crippen LogP contribution in [0.25, 0.3) is 10.8 Å². The summed E-state index contributed by atoms with van der Waals surface area (Å²) in [5, 5.41) is 7.68. The van der Waals surface area contributed by atoms with Crippen LogP contribution in [-0.2, 0) is 0 Å². The summed E-state index contributed by atoms with van der Waals surface area (Å²) < 4.78 is 5.66. The Morgan fingerprint density at radius 2 is 1.89 bits per heavy atom. The van der Waals surface area contributed by atoms with Crippen molar-refractivity contribution < 1.29 is 4.42 Å². The van der Waals surface area contributed by atoms with Gasteiger partial charge in [0.1, 0.15) is 5.38 Å². The predicted molar refractivity (Wildman–Crippen MR) is 76.5 cm³/mol. The molecule has 0 aliphatic rings. The summed E-state index contributed by atoms with van der Waals surface area (Å²) in [6.07, 6.45) is 0. The van der Waals surface area contributed by atoms with Crippen LogP contribution in [-0.4, -0.2) is 10.2 Å². The van der Waals surface area contributed by atoms with Gasteiger partial charge in [-0.15, -0.1) is 33.1 Å². The molecular weight excluding hydrogens is 280 g/mol. The van der Waals surface area contributed by atoms with Gasteiger partial charge in [-0.3, -0.25) is 0 Å². The highest BCUT2D eigenvalue weighted by atomic mass is 35.5. The van der Waals surface area contributed by atoms with Crippen molar-refractivity contribution in [1.29, 1.82) is 0 Å². The quantitative estimate of drug-likeness (QED) is 0.670. The van der Waals surface area contributed by atoms with E-state index < -0.39 is 5.38 Å². The Morgan fingerprint density at radius 3 is 2.58 bits per heavy atom. The van der Waals surface area contributed by atoms with E-state index in [0.717, 1.165) is 10.4 Å². The van der Waals surface area contributed by atoms with E-state index in [0.29, 0.717) is 11.8 Å². The topological polar surface area (TPSA) is 38.9 Å². The highest BCUT2D eigenvalue weighted by molar-refractivity contribution is 7.15. The summed E-state index contributed by atoms with van der Waals surface area (Å²) in [4.78, 5) is 2.17. The Kier molecular flexibility index (Phi) is 3.36. The van der Waals surface area contributed by atoms with E-state index in [9.17, 15) is 0 Å². The Labute approximate surface area is 119 Å². The third-order valence-electron chi connectivity index (χ3n) is 2.70. The van der Waals surface area contributed by atoms with Crippen LogP contribution in [0.4, 0.5) is 0 Å². The molecule has 96 valence electrons. The fourth-order valence-corrected chi connectivity index (χ4v) is 2.77. The molecule has 0 saturated heterocycles. The minimum atomic E-state index is -0.413. The fourth-order valence-electron chi connectivity index (χ4n) is 1.75. The minimum Gasteiger partial charge on any atom is -0.418 e. The van der Waals surface area contributed by atoms with Gasteiger partial charge in [0.15, 0.2) is 0 Å². The van der Waals surface area contributed by atoms with Gasteiger partial charge < -0.3 is 4.42 Å². The molecule has 2 heterocycles. The van der Waals surface area contributed by atoms with Crippen LogP contribution in [0.1, 0.15) is 21.7 Å². The van der Waals surface area contributed by atoms with Crippen LogP contribution in [0.3, 0.4) is 0 Å². The number of hydrogen-bond donors (Lipinski definition) is 0. The average Bonchev–Trinajstić information content (AvgIpc) is 3.07. The Morgan fingerprint density at radius 1 is 1.11 bits per heavy atom. The van der Waals surface area contributed by atoms with E-state index >= 15 is 0 Å². The second kappa shape index (κ2) is 5.15. The van der Waals surface area contributed by atoms with Crippen LogP contribution < -0.4 is 0 Å². The first kappa shape index (κ1) is 12.4. The largest absolute Gasteiger partial charge is 0.418 e. The van der Waals surface area contributed by atoms with Gasteiger partial charge in [0.2, 0.25) is 5.89 Å². The summed E-state index contributed by atoms with van der Waals surface area (Å²) in [6, 6.07) is 13.7. The van der Waals surface area contributed by atoms with E-state index in [-0.39, 0.29) is 0 Å². The Bertz CT molecular complexity index is 678. The summed E-state index contributed by atoms with van der Waals surface area (Å²) >= 11 is 7.97. The maximum absolute atomic E-state index is 6.34. The highest BCUT2D eigenvalue weighted by Gasteiger charge is 2.19. The molecule has 2 aromatic heterocycles. The van der Waals surface area contributed by atoms with E-state index in [1.54, 1.807) is 11.3 Å². The zero-order valence-corrected chi connectivity index (χ0v) is 11.8. The molecule has 5 heteroatoms. The molecular formula is C14H11ClN2OS. The summed E-state index contributed by atoms with van der Waals surface area (Å²) in [5.41, 5.74) is 0.946.